The minimum atomic E-state index is 0.293. The van der Waals surface area contributed by atoms with E-state index < -0.39 is 0 Å². The summed E-state index contributed by atoms with van der Waals surface area (Å²) in [6.07, 6.45) is 0. The zero-order valence-corrected chi connectivity index (χ0v) is 13.2. The summed E-state index contributed by atoms with van der Waals surface area (Å²) in [4.78, 5) is 0.293. The van der Waals surface area contributed by atoms with Gasteiger partial charge in [0.2, 0.25) is 0 Å². The standard InChI is InChI=1S/C15H15ClN2O2S/c1-19-10-4-5-11(15(17)21)12(8-10)18-13-7-9(16)3-6-14(13)20-2/h3-8,18H,1-2H3,(H2,17,21). The third-order valence-corrected chi connectivity index (χ3v) is 3.38. The Balaban J connectivity index is 2.47. The molecule has 3 N–H and O–H groups in total. The van der Waals surface area contributed by atoms with Crippen LogP contribution >= 0.6 is 23.8 Å². The third-order valence-electron chi connectivity index (χ3n) is 2.92. The number of nitrogens with one attached hydrogen (secondary N) is 1. The highest BCUT2D eigenvalue weighted by Gasteiger charge is 2.10. The first-order chi connectivity index (χ1) is 10.0. The van der Waals surface area contributed by atoms with Gasteiger partial charge in [0.05, 0.1) is 25.6 Å². The Morgan fingerprint density at radius 2 is 1.86 bits per heavy atom. The van der Waals surface area contributed by atoms with Crippen LogP contribution in [0.1, 0.15) is 5.56 Å². The molecule has 2 aromatic carbocycles. The third kappa shape index (κ3) is 3.56. The van der Waals surface area contributed by atoms with E-state index in [1.807, 2.05) is 6.07 Å². The lowest BCUT2D eigenvalue weighted by Crippen LogP contribution is -2.12. The number of benzene rings is 2. The molecule has 0 aliphatic heterocycles. The van der Waals surface area contributed by atoms with E-state index in [1.54, 1.807) is 44.6 Å². The Morgan fingerprint density at radius 1 is 1.10 bits per heavy atom. The van der Waals surface area contributed by atoms with Crippen molar-refractivity contribution in [2.24, 2.45) is 5.73 Å². The van der Waals surface area contributed by atoms with Gasteiger partial charge in [-0.15, -0.1) is 0 Å². The molecule has 2 aromatic rings. The van der Waals surface area contributed by atoms with Crippen molar-refractivity contribution in [3.63, 3.8) is 0 Å². The molecule has 0 fully saturated rings. The Hall–Kier alpha value is -1.98. The van der Waals surface area contributed by atoms with Crippen molar-refractivity contribution >= 4 is 40.2 Å². The second-order valence-corrected chi connectivity index (χ2v) is 5.12. The van der Waals surface area contributed by atoms with Crippen molar-refractivity contribution in [2.45, 2.75) is 0 Å². The van der Waals surface area contributed by atoms with Gasteiger partial charge in [-0.2, -0.15) is 0 Å². The van der Waals surface area contributed by atoms with Gasteiger partial charge in [0.15, 0.2) is 0 Å². The number of thiocarbonyl (C=S) groups is 1. The van der Waals surface area contributed by atoms with Crippen LogP contribution in [-0.2, 0) is 0 Å². The first-order valence-corrected chi connectivity index (χ1v) is 6.92. The van der Waals surface area contributed by atoms with E-state index in [2.05, 4.69) is 5.32 Å². The molecule has 0 unspecified atom stereocenters. The van der Waals surface area contributed by atoms with Gasteiger partial charge >= 0.3 is 0 Å². The number of rotatable bonds is 5. The van der Waals surface area contributed by atoms with Gasteiger partial charge in [0.25, 0.3) is 0 Å². The molecule has 110 valence electrons. The summed E-state index contributed by atoms with van der Waals surface area (Å²) >= 11 is 11.1. The summed E-state index contributed by atoms with van der Waals surface area (Å²) in [5.74, 6) is 1.36. The highest BCUT2D eigenvalue weighted by atomic mass is 35.5. The molecule has 0 radical (unpaired) electrons. The molecule has 0 bridgehead atoms. The number of halogens is 1. The molecule has 0 saturated heterocycles. The Bertz CT molecular complexity index is 677. The normalized spacial score (nSPS) is 10.0. The number of hydrogen-bond acceptors (Lipinski definition) is 4. The molecule has 0 amide bonds. The van der Waals surface area contributed by atoms with E-state index in [0.717, 1.165) is 11.4 Å². The molecule has 6 heteroatoms. The molecule has 0 aromatic heterocycles. The van der Waals surface area contributed by atoms with Gasteiger partial charge in [-0.3, -0.25) is 0 Å². The van der Waals surface area contributed by atoms with E-state index in [0.29, 0.717) is 27.1 Å². The number of methoxy groups -OCH3 is 2. The van der Waals surface area contributed by atoms with Gasteiger partial charge < -0.3 is 20.5 Å². The average molecular weight is 323 g/mol. The maximum absolute atomic E-state index is 6.03. The maximum atomic E-state index is 6.03. The van der Waals surface area contributed by atoms with Crippen LogP contribution in [0.4, 0.5) is 11.4 Å². The topological polar surface area (TPSA) is 56.5 Å². The van der Waals surface area contributed by atoms with Gasteiger partial charge in [-0.05, 0) is 30.3 Å². The fourth-order valence-corrected chi connectivity index (χ4v) is 2.24. The Labute approximate surface area is 133 Å². The summed E-state index contributed by atoms with van der Waals surface area (Å²) in [7, 11) is 3.19. The molecule has 0 saturated carbocycles. The van der Waals surface area contributed by atoms with Crippen LogP contribution in [0, 0.1) is 0 Å². The summed E-state index contributed by atoms with van der Waals surface area (Å²) in [5.41, 5.74) is 7.91. The minimum Gasteiger partial charge on any atom is -0.497 e. The van der Waals surface area contributed by atoms with Gasteiger partial charge in [0.1, 0.15) is 16.5 Å². The highest BCUT2D eigenvalue weighted by Crippen LogP contribution is 2.33. The van der Waals surface area contributed by atoms with E-state index in [4.69, 9.17) is 39.0 Å². The molecule has 0 spiro atoms. The Kier molecular flexibility index (Phi) is 4.88. The zero-order chi connectivity index (χ0) is 15.4. The van der Waals surface area contributed by atoms with E-state index in [-0.39, 0.29) is 0 Å². The van der Waals surface area contributed by atoms with Crippen molar-refractivity contribution in [2.75, 3.05) is 19.5 Å². The van der Waals surface area contributed by atoms with Crippen LogP contribution in [0.5, 0.6) is 11.5 Å². The van der Waals surface area contributed by atoms with Crippen molar-refractivity contribution in [3.8, 4) is 11.5 Å². The van der Waals surface area contributed by atoms with Crippen LogP contribution in [-0.4, -0.2) is 19.2 Å². The molecular weight excluding hydrogens is 308 g/mol. The zero-order valence-electron chi connectivity index (χ0n) is 11.6. The molecule has 21 heavy (non-hydrogen) atoms. The lowest BCUT2D eigenvalue weighted by atomic mass is 10.1. The molecule has 0 aliphatic carbocycles. The summed E-state index contributed by atoms with van der Waals surface area (Å²) < 4.78 is 10.5. The van der Waals surface area contributed by atoms with Crippen LogP contribution in [0.3, 0.4) is 0 Å². The molecule has 0 heterocycles. The Morgan fingerprint density at radius 3 is 2.48 bits per heavy atom. The van der Waals surface area contributed by atoms with Crippen molar-refractivity contribution in [1.82, 2.24) is 0 Å². The molecule has 0 atom stereocenters. The largest absolute Gasteiger partial charge is 0.497 e. The number of hydrogen-bond donors (Lipinski definition) is 2. The van der Waals surface area contributed by atoms with Crippen LogP contribution < -0.4 is 20.5 Å². The summed E-state index contributed by atoms with van der Waals surface area (Å²) in [5, 5.41) is 3.83. The molecule has 2 rings (SSSR count). The predicted octanol–water partition coefficient (Wildman–Crippen LogP) is 3.74. The highest BCUT2D eigenvalue weighted by molar-refractivity contribution is 7.80. The smallest absolute Gasteiger partial charge is 0.142 e. The SMILES string of the molecule is COc1ccc(C(N)=S)c(Nc2cc(Cl)ccc2OC)c1. The average Bonchev–Trinajstić information content (AvgIpc) is 2.47. The summed E-state index contributed by atoms with van der Waals surface area (Å²) in [6, 6.07) is 10.7. The van der Waals surface area contributed by atoms with Crippen LogP contribution in [0.2, 0.25) is 5.02 Å². The summed E-state index contributed by atoms with van der Waals surface area (Å²) in [6.45, 7) is 0. The first kappa shape index (κ1) is 15.4. The van der Waals surface area contributed by atoms with Crippen LogP contribution in [0.25, 0.3) is 0 Å². The number of nitrogens with two attached hydrogens (primary N) is 1. The van der Waals surface area contributed by atoms with Crippen molar-refractivity contribution < 1.29 is 9.47 Å². The predicted molar refractivity (Wildman–Crippen MR) is 90.2 cm³/mol. The van der Waals surface area contributed by atoms with Crippen molar-refractivity contribution in [1.29, 1.82) is 0 Å². The molecule has 4 nitrogen and oxygen atoms in total. The minimum absolute atomic E-state index is 0.293. The van der Waals surface area contributed by atoms with Gasteiger partial charge in [-0.1, -0.05) is 23.8 Å². The van der Waals surface area contributed by atoms with Crippen molar-refractivity contribution in [3.05, 3.63) is 47.0 Å². The quantitative estimate of drug-likeness (QED) is 0.821. The second-order valence-electron chi connectivity index (χ2n) is 4.25. The van der Waals surface area contributed by atoms with Gasteiger partial charge in [-0.25, -0.2) is 0 Å². The fraction of sp³-hybridized carbons (Fsp3) is 0.133. The molecule has 0 aliphatic rings. The van der Waals surface area contributed by atoms with E-state index >= 15 is 0 Å². The van der Waals surface area contributed by atoms with Crippen LogP contribution in [0.15, 0.2) is 36.4 Å². The van der Waals surface area contributed by atoms with Gasteiger partial charge in [0, 0.05) is 16.7 Å². The first-order valence-electron chi connectivity index (χ1n) is 6.13. The van der Waals surface area contributed by atoms with E-state index in [9.17, 15) is 0 Å². The fourth-order valence-electron chi connectivity index (χ4n) is 1.89. The monoisotopic (exact) mass is 322 g/mol. The molecular formula is C15H15ClN2O2S. The maximum Gasteiger partial charge on any atom is 0.142 e. The van der Waals surface area contributed by atoms with E-state index in [1.165, 1.54) is 0 Å². The lowest BCUT2D eigenvalue weighted by molar-refractivity contribution is 0.414. The number of anilines is 2. The number of ether oxygens (including phenoxy) is 2. The second kappa shape index (κ2) is 6.65. The lowest BCUT2D eigenvalue weighted by Gasteiger charge is -2.15.